The van der Waals surface area contributed by atoms with Crippen molar-refractivity contribution in [1.29, 1.82) is 0 Å². The topological polar surface area (TPSA) is 61.9 Å². The molecule has 3 rings (SSSR count). The summed E-state index contributed by atoms with van der Waals surface area (Å²) < 4.78 is 0. The number of aliphatic imine (C=N–C) groups is 1. The van der Waals surface area contributed by atoms with Crippen molar-refractivity contribution in [2.45, 2.75) is 19.3 Å². The number of anilines is 1. The lowest BCUT2D eigenvalue weighted by Gasteiger charge is -2.16. The van der Waals surface area contributed by atoms with E-state index >= 15 is 0 Å². The van der Waals surface area contributed by atoms with Crippen LogP contribution in [0.2, 0.25) is 0 Å². The number of carbonyl (C=O) groups excluding carboxylic acids is 1. The van der Waals surface area contributed by atoms with Crippen molar-refractivity contribution in [3.05, 3.63) is 59.6 Å². The molecule has 2 aliphatic rings. The van der Waals surface area contributed by atoms with E-state index in [0.717, 1.165) is 34.6 Å². The SMILES string of the molecule is CN1C=CC(N=CC(=CN)c2ccc3c(c2)N(C)C(=O)C3(C)C)=CC1. The van der Waals surface area contributed by atoms with E-state index in [-0.39, 0.29) is 5.91 Å². The molecule has 1 aromatic rings. The molecule has 0 atom stereocenters. The number of hydrogen-bond acceptors (Lipinski definition) is 4. The van der Waals surface area contributed by atoms with Gasteiger partial charge in [-0.05, 0) is 43.2 Å². The van der Waals surface area contributed by atoms with Gasteiger partial charge >= 0.3 is 0 Å². The molecule has 0 aromatic heterocycles. The van der Waals surface area contributed by atoms with Crippen LogP contribution in [0.5, 0.6) is 0 Å². The quantitative estimate of drug-likeness (QED) is 0.863. The van der Waals surface area contributed by atoms with Crippen LogP contribution in [0.25, 0.3) is 5.57 Å². The van der Waals surface area contributed by atoms with Crippen molar-refractivity contribution in [3.8, 4) is 0 Å². The molecule has 1 amide bonds. The number of rotatable bonds is 3. The van der Waals surface area contributed by atoms with Gasteiger partial charge in [0.05, 0.1) is 11.1 Å². The lowest BCUT2D eigenvalue weighted by molar-refractivity contribution is -0.121. The highest BCUT2D eigenvalue weighted by molar-refractivity contribution is 6.12. The maximum absolute atomic E-state index is 12.4. The van der Waals surface area contributed by atoms with Gasteiger partial charge in [0.25, 0.3) is 0 Å². The Hall–Kier alpha value is -2.82. The van der Waals surface area contributed by atoms with E-state index in [1.165, 1.54) is 0 Å². The number of amides is 1. The lowest BCUT2D eigenvalue weighted by Crippen LogP contribution is -2.33. The molecule has 0 aliphatic carbocycles. The second kappa shape index (κ2) is 6.24. The molecule has 1 aromatic carbocycles. The van der Waals surface area contributed by atoms with Crippen molar-refractivity contribution < 1.29 is 4.79 Å². The summed E-state index contributed by atoms with van der Waals surface area (Å²) in [5, 5.41) is 0. The normalized spacial score (nSPS) is 19.6. The Morgan fingerprint density at radius 2 is 2.08 bits per heavy atom. The molecule has 5 nitrogen and oxygen atoms in total. The molecule has 0 spiro atoms. The first kappa shape index (κ1) is 17.0. The van der Waals surface area contributed by atoms with Gasteiger partial charge in [0.2, 0.25) is 5.91 Å². The minimum absolute atomic E-state index is 0.105. The monoisotopic (exact) mass is 336 g/mol. The fraction of sp³-hybridized carbons (Fsp3) is 0.300. The van der Waals surface area contributed by atoms with E-state index in [9.17, 15) is 4.79 Å². The third-order valence-electron chi connectivity index (χ3n) is 4.83. The fourth-order valence-corrected chi connectivity index (χ4v) is 3.18. The second-order valence-electron chi connectivity index (χ2n) is 6.99. The summed E-state index contributed by atoms with van der Waals surface area (Å²) in [4.78, 5) is 20.7. The number of nitrogens with zero attached hydrogens (tertiary/aromatic N) is 3. The fourth-order valence-electron chi connectivity index (χ4n) is 3.18. The molecule has 2 N–H and O–H groups in total. The first-order valence-electron chi connectivity index (χ1n) is 8.32. The molecule has 0 unspecified atom stereocenters. The third-order valence-corrected chi connectivity index (χ3v) is 4.83. The number of hydrogen-bond donors (Lipinski definition) is 1. The molecule has 0 radical (unpaired) electrons. The molecule has 0 saturated heterocycles. The van der Waals surface area contributed by atoms with E-state index in [0.29, 0.717) is 0 Å². The van der Waals surface area contributed by atoms with E-state index < -0.39 is 5.41 Å². The zero-order valence-corrected chi connectivity index (χ0v) is 15.2. The van der Waals surface area contributed by atoms with Crippen LogP contribution < -0.4 is 10.6 Å². The van der Waals surface area contributed by atoms with E-state index in [1.54, 1.807) is 17.3 Å². The molecule has 130 valence electrons. The molecule has 2 heterocycles. The van der Waals surface area contributed by atoms with Crippen LogP contribution in [0.1, 0.15) is 25.0 Å². The standard InChI is InChI=1S/C20H24N4O/c1-20(2)17-6-5-14(11-18(17)24(4)19(20)25)15(12-21)13-22-16-7-9-23(3)10-8-16/h5-9,11-13H,10,21H2,1-4H3. The molecular formula is C20H24N4O. The van der Waals surface area contributed by atoms with Gasteiger partial charge in [0.1, 0.15) is 0 Å². The smallest absolute Gasteiger partial charge is 0.236 e. The van der Waals surface area contributed by atoms with E-state index in [2.05, 4.69) is 16.0 Å². The van der Waals surface area contributed by atoms with Crippen LogP contribution in [-0.4, -0.2) is 37.7 Å². The predicted molar refractivity (Wildman–Crippen MR) is 103 cm³/mol. The Morgan fingerprint density at radius 1 is 1.32 bits per heavy atom. The average Bonchev–Trinajstić information content (AvgIpc) is 2.78. The van der Waals surface area contributed by atoms with Gasteiger partial charge in [0.15, 0.2) is 0 Å². The first-order valence-corrected chi connectivity index (χ1v) is 8.32. The van der Waals surface area contributed by atoms with Crippen molar-refractivity contribution in [1.82, 2.24) is 4.90 Å². The van der Waals surface area contributed by atoms with Crippen LogP contribution in [0, 0.1) is 0 Å². The highest BCUT2D eigenvalue weighted by Gasteiger charge is 2.42. The summed E-state index contributed by atoms with van der Waals surface area (Å²) in [6, 6.07) is 6.01. The predicted octanol–water partition coefficient (Wildman–Crippen LogP) is 2.65. The summed E-state index contributed by atoms with van der Waals surface area (Å²) in [5.41, 5.74) is 9.97. The Kier molecular flexibility index (Phi) is 4.25. The number of allylic oxidation sites excluding steroid dienone is 2. The Balaban J connectivity index is 1.89. The molecule has 25 heavy (non-hydrogen) atoms. The van der Waals surface area contributed by atoms with E-state index in [1.807, 2.05) is 58.4 Å². The molecule has 5 heteroatoms. The third kappa shape index (κ3) is 2.97. The van der Waals surface area contributed by atoms with Gasteiger partial charge in [0, 0.05) is 50.5 Å². The Morgan fingerprint density at radius 3 is 2.72 bits per heavy atom. The maximum Gasteiger partial charge on any atom is 0.236 e. The number of carbonyl (C=O) groups is 1. The Bertz CT molecular complexity index is 830. The first-order chi connectivity index (χ1) is 11.8. The summed E-state index contributed by atoms with van der Waals surface area (Å²) in [6.45, 7) is 4.75. The van der Waals surface area contributed by atoms with Gasteiger partial charge in [-0.2, -0.15) is 0 Å². The minimum Gasteiger partial charge on any atom is -0.404 e. The van der Waals surface area contributed by atoms with Crippen LogP contribution in [0.3, 0.4) is 0 Å². The number of fused-ring (bicyclic) bond motifs is 1. The van der Waals surface area contributed by atoms with Crippen molar-refractivity contribution >= 4 is 23.4 Å². The van der Waals surface area contributed by atoms with Crippen LogP contribution in [0.15, 0.2) is 53.4 Å². The number of likely N-dealkylation sites (N-methyl/N-ethyl adjacent to an activating group) is 2. The summed E-state index contributed by atoms with van der Waals surface area (Å²) in [7, 11) is 3.83. The minimum atomic E-state index is -0.493. The Labute approximate surface area is 148 Å². The molecule has 0 saturated carbocycles. The average molecular weight is 336 g/mol. The van der Waals surface area contributed by atoms with Crippen molar-refractivity contribution in [2.75, 3.05) is 25.5 Å². The second-order valence-corrected chi connectivity index (χ2v) is 6.99. The zero-order chi connectivity index (χ0) is 18.2. The molecule has 0 bridgehead atoms. The van der Waals surface area contributed by atoms with Gasteiger partial charge in [-0.1, -0.05) is 12.1 Å². The van der Waals surface area contributed by atoms with Gasteiger partial charge in [-0.3, -0.25) is 9.79 Å². The highest BCUT2D eigenvalue weighted by Crippen LogP contribution is 2.41. The van der Waals surface area contributed by atoms with E-state index in [4.69, 9.17) is 5.73 Å². The summed E-state index contributed by atoms with van der Waals surface area (Å²) in [5.74, 6) is 0.105. The largest absolute Gasteiger partial charge is 0.404 e. The molecule has 0 fully saturated rings. The molecular weight excluding hydrogens is 312 g/mol. The lowest BCUT2D eigenvalue weighted by atomic mass is 9.85. The highest BCUT2D eigenvalue weighted by atomic mass is 16.2. The van der Waals surface area contributed by atoms with Crippen LogP contribution in [-0.2, 0) is 10.2 Å². The van der Waals surface area contributed by atoms with Crippen molar-refractivity contribution in [3.63, 3.8) is 0 Å². The van der Waals surface area contributed by atoms with Gasteiger partial charge < -0.3 is 15.5 Å². The zero-order valence-electron chi connectivity index (χ0n) is 15.2. The molecule has 2 aliphatic heterocycles. The summed E-state index contributed by atoms with van der Waals surface area (Å²) >= 11 is 0. The number of benzene rings is 1. The van der Waals surface area contributed by atoms with Gasteiger partial charge in [-0.25, -0.2) is 0 Å². The maximum atomic E-state index is 12.4. The van der Waals surface area contributed by atoms with Gasteiger partial charge in [-0.15, -0.1) is 0 Å². The van der Waals surface area contributed by atoms with Crippen LogP contribution in [0.4, 0.5) is 5.69 Å². The van der Waals surface area contributed by atoms with Crippen molar-refractivity contribution in [2.24, 2.45) is 10.7 Å². The van der Waals surface area contributed by atoms with Crippen LogP contribution >= 0.6 is 0 Å². The number of nitrogens with two attached hydrogens (primary N) is 1. The summed E-state index contributed by atoms with van der Waals surface area (Å²) in [6.07, 6.45) is 9.34.